The molecule has 3 nitrogen and oxygen atoms in total. The van der Waals surface area contributed by atoms with Gasteiger partial charge < -0.3 is 13.9 Å². The van der Waals surface area contributed by atoms with Crippen molar-refractivity contribution in [2.45, 2.75) is 64.5 Å². The summed E-state index contributed by atoms with van der Waals surface area (Å²) in [7, 11) is -1.49. The second kappa shape index (κ2) is 7.12. The average Bonchev–Trinajstić information content (AvgIpc) is 2.99. The van der Waals surface area contributed by atoms with Crippen LogP contribution in [0.2, 0.25) is 19.6 Å². The van der Waals surface area contributed by atoms with Crippen LogP contribution in [0.3, 0.4) is 0 Å². The number of rotatable bonds is 8. The largest absolute Gasteiger partial charge is 0.548 e. The number of hydrogen-bond acceptors (Lipinski definition) is 3. The molecule has 0 aromatic rings. The molecule has 0 saturated carbocycles. The van der Waals surface area contributed by atoms with Gasteiger partial charge in [0.2, 0.25) is 8.32 Å². The minimum Gasteiger partial charge on any atom is -0.548 e. The van der Waals surface area contributed by atoms with Crippen LogP contribution < -0.4 is 0 Å². The Balaban J connectivity index is 1.89. The summed E-state index contributed by atoms with van der Waals surface area (Å²) in [5.41, 5.74) is 0.245. The van der Waals surface area contributed by atoms with Crippen molar-refractivity contribution in [1.29, 1.82) is 0 Å². The molecule has 0 N–H and O–H groups in total. The van der Waals surface area contributed by atoms with Gasteiger partial charge in [-0.1, -0.05) is 6.08 Å². The summed E-state index contributed by atoms with van der Waals surface area (Å²) in [5, 5.41) is 0. The molecule has 2 aliphatic rings. The normalized spacial score (nSPS) is 26.9. The van der Waals surface area contributed by atoms with Crippen LogP contribution in [-0.4, -0.2) is 27.8 Å². The zero-order valence-corrected chi connectivity index (χ0v) is 14.8. The molecule has 4 heteroatoms. The van der Waals surface area contributed by atoms with Gasteiger partial charge in [-0.15, -0.1) is 6.58 Å². The first-order chi connectivity index (χ1) is 9.92. The first-order valence-corrected chi connectivity index (χ1v) is 11.6. The lowest BCUT2D eigenvalue weighted by Gasteiger charge is -2.26. The Morgan fingerprint density at radius 1 is 1.38 bits per heavy atom. The van der Waals surface area contributed by atoms with Crippen molar-refractivity contribution in [2.24, 2.45) is 5.41 Å². The third-order valence-electron chi connectivity index (χ3n) is 4.13. The van der Waals surface area contributed by atoms with Crippen LogP contribution >= 0.6 is 0 Å². The average molecular weight is 311 g/mol. The summed E-state index contributed by atoms with van der Waals surface area (Å²) in [5.74, 6) is 1.21. The summed E-state index contributed by atoms with van der Waals surface area (Å²) >= 11 is 0. The molecule has 0 radical (unpaired) electrons. The quantitative estimate of drug-likeness (QED) is 0.483. The predicted molar refractivity (Wildman–Crippen MR) is 88.5 cm³/mol. The van der Waals surface area contributed by atoms with E-state index in [9.17, 15) is 0 Å². The molecule has 0 aromatic heterocycles. The fourth-order valence-electron chi connectivity index (χ4n) is 3.27. The first-order valence-electron chi connectivity index (χ1n) is 8.17. The molecule has 1 fully saturated rings. The first kappa shape index (κ1) is 16.8. The van der Waals surface area contributed by atoms with Gasteiger partial charge in [-0.3, -0.25) is 0 Å². The van der Waals surface area contributed by atoms with E-state index in [1.165, 1.54) is 18.6 Å². The van der Waals surface area contributed by atoms with Crippen LogP contribution in [0.15, 0.2) is 24.5 Å². The predicted octanol–water partition coefficient (Wildman–Crippen LogP) is 4.62. The molecule has 0 aromatic carbocycles. The van der Waals surface area contributed by atoms with E-state index in [4.69, 9.17) is 13.9 Å². The zero-order valence-electron chi connectivity index (χ0n) is 13.8. The van der Waals surface area contributed by atoms with Crippen LogP contribution in [-0.2, 0) is 13.9 Å². The number of hydrogen-bond donors (Lipinski definition) is 0. The highest BCUT2D eigenvalue weighted by Crippen LogP contribution is 2.44. The molecule has 1 unspecified atom stereocenters. The van der Waals surface area contributed by atoms with Gasteiger partial charge in [-0.05, 0) is 63.2 Å². The van der Waals surface area contributed by atoms with E-state index in [2.05, 4.69) is 38.4 Å². The lowest BCUT2D eigenvalue weighted by molar-refractivity contribution is -0.0490. The molecule has 1 aliphatic heterocycles. The Morgan fingerprint density at radius 3 is 2.71 bits per heavy atom. The van der Waals surface area contributed by atoms with Crippen molar-refractivity contribution in [2.75, 3.05) is 13.2 Å². The van der Waals surface area contributed by atoms with Crippen molar-refractivity contribution >= 4 is 8.32 Å². The summed E-state index contributed by atoms with van der Waals surface area (Å²) in [6.07, 6.45) is 11.1. The third-order valence-corrected chi connectivity index (χ3v) is 5.00. The number of allylic oxidation sites excluding steroid dienone is 3. The molecule has 1 saturated heterocycles. The van der Waals surface area contributed by atoms with Gasteiger partial charge in [0.1, 0.15) is 0 Å². The fraction of sp³-hybridized carbons (Fsp3) is 0.765. The Hall–Kier alpha value is -0.583. The summed E-state index contributed by atoms with van der Waals surface area (Å²) in [6.45, 7) is 12.2. The molecule has 1 heterocycles. The highest BCUT2D eigenvalue weighted by molar-refractivity contribution is 6.70. The maximum atomic E-state index is 6.20. The highest BCUT2D eigenvalue weighted by atomic mass is 28.4. The molecule has 0 amide bonds. The van der Waals surface area contributed by atoms with E-state index in [0.29, 0.717) is 0 Å². The van der Waals surface area contributed by atoms with Crippen LogP contribution in [0.25, 0.3) is 0 Å². The molecular weight excluding hydrogens is 280 g/mol. The van der Waals surface area contributed by atoms with E-state index in [-0.39, 0.29) is 11.7 Å². The van der Waals surface area contributed by atoms with Gasteiger partial charge in [0.05, 0.1) is 19.0 Å². The zero-order chi connectivity index (χ0) is 15.3. The Morgan fingerprint density at radius 2 is 2.10 bits per heavy atom. The maximum Gasteiger partial charge on any atom is 0.241 e. The third kappa shape index (κ3) is 5.27. The van der Waals surface area contributed by atoms with Crippen molar-refractivity contribution in [3.63, 3.8) is 0 Å². The molecular formula is C17H30O3Si. The van der Waals surface area contributed by atoms with Crippen molar-refractivity contribution < 1.29 is 13.9 Å². The molecule has 0 bridgehead atoms. The van der Waals surface area contributed by atoms with E-state index in [1.54, 1.807) is 0 Å². The Bertz CT molecular complexity index is 380. The lowest BCUT2D eigenvalue weighted by Crippen LogP contribution is -2.24. The fourth-order valence-corrected chi connectivity index (χ4v) is 4.22. The number of ether oxygens (including phenoxy) is 2. The summed E-state index contributed by atoms with van der Waals surface area (Å²) < 4.78 is 17.2. The van der Waals surface area contributed by atoms with Crippen LogP contribution in [0.1, 0.15) is 38.5 Å². The van der Waals surface area contributed by atoms with Crippen molar-refractivity contribution in [1.82, 2.24) is 0 Å². The van der Waals surface area contributed by atoms with Crippen LogP contribution in [0.5, 0.6) is 0 Å². The van der Waals surface area contributed by atoms with Crippen LogP contribution in [0, 0.1) is 5.41 Å². The molecule has 21 heavy (non-hydrogen) atoms. The molecule has 120 valence electrons. The second-order valence-corrected chi connectivity index (χ2v) is 11.7. The smallest absolute Gasteiger partial charge is 0.241 e. The summed E-state index contributed by atoms with van der Waals surface area (Å²) in [6, 6.07) is 0. The summed E-state index contributed by atoms with van der Waals surface area (Å²) in [4.78, 5) is 0. The van der Waals surface area contributed by atoms with Gasteiger partial charge >= 0.3 is 0 Å². The molecule has 2 rings (SSSR count). The van der Waals surface area contributed by atoms with Gasteiger partial charge in [0.15, 0.2) is 6.29 Å². The second-order valence-electron chi connectivity index (χ2n) is 7.24. The van der Waals surface area contributed by atoms with E-state index in [1.807, 2.05) is 0 Å². The SMILES string of the molecule is C=CCC1(CCCC2OCCO2)C=C(O[Si](C)(C)C)CC1. The van der Waals surface area contributed by atoms with Gasteiger partial charge in [0.25, 0.3) is 0 Å². The molecule has 1 aliphatic carbocycles. The van der Waals surface area contributed by atoms with Crippen molar-refractivity contribution in [3.8, 4) is 0 Å². The van der Waals surface area contributed by atoms with Gasteiger partial charge in [-0.2, -0.15) is 0 Å². The minimum atomic E-state index is -1.49. The van der Waals surface area contributed by atoms with E-state index < -0.39 is 8.32 Å². The van der Waals surface area contributed by atoms with Crippen LogP contribution in [0.4, 0.5) is 0 Å². The van der Waals surface area contributed by atoms with Crippen molar-refractivity contribution in [3.05, 3.63) is 24.5 Å². The monoisotopic (exact) mass is 310 g/mol. The van der Waals surface area contributed by atoms with E-state index in [0.717, 1.165) is 38.9 Å². The minimum absolute atomic E-state index is 0.0221. The van der Waals surface area contributed by atoms with Gasteiger partial charge in [-0.25, -0.2) is 0 Å². The van der Waals surface area contributed by atoms with E-state index >= 15 is 0 Å². The Labute approximate surface area is 130 Å². The highest BCUT2D eigenvalue weighted by Gasteiger charge is 2.34. The maximum absolute atomic E-state index is 6.20. The molecule has 0 spiro atoms. The standard InChI is InChI=1S/C17H30O3Si/c1-5-9-17(10-6-7-16-18-12-13-19-16)11-8-15(14-17)20-21(2,3)4/h5,14,16H,1,6-13H2,2-4H3. The topological polar surface area (TPSA) is 27.7 Å². The van der Waals surface area contributed by atoms with Gasteiger partial charge in [0, 0.05) is 6.42 Å². The molecule has 1 atom stereocenters. The Kier molecular flexibility index (Phi) is 5.69. The lowest BCUT2D eigenvalue weighted by atomic mass is 9.79.